The Kier molecular flexibility index (Phi) is 4.37. The van der Waals surface area contributed by atoms with Gasteiger partial charge in [-0.3, -0.25) is 9.59 Å². The molecule has 2 aromatic rings. The Labute approximate surface area is 153 Å². The van der Waals surface area contributed by atoms with Crippen LogP contribution in [0.25, 0.3) is 0 Å². The van der Waals surface area contributed by atoms with Crippen molar-refractivity contribution in [2.75, 3.05) is 24.5 Å². The van der Waals surface area contributed by atoms with Crippen LogP contribution >= 0.6 is 0 Å². The van der Waals surface area contributed by atoms with Gasteiger partial charge in [-0.2, -0.15) is 0 Å². The minimum atomic E-state index is -0.369. The molecule has 2 atom stereocenters. The summed E-state index contributed by atoms with van der Waals surface area (Å²) in [5, 5.41) is 0. The zero-order valence-electron chi connectivity index (χ0n) is 14.7. The third kappa shape index (κ3) is 2.94. The molecule has 5 heteroatoms. The molecule has 2 aromatic carbocycles. The van der Waals surface area contributed by atoms with Crippen molar-refractivity contribution >= 4 is 17.5 Å². The molecule has 1 fully saturated rings. The van der Waals surface area contributed by atoms with Gasteiger partial charge in [-0.1, -0.05) is 48.5 Å². The van der Waals surface area contributed by atoms with Crippen LogP contribution < -0.4 is 10.6 Å². The summed E-state index contributed by atoms with van der Waals surface area (Å²) in [6, 6.07) is 17.8. The number of para-hydroxylation sites is 1. The topological polar surface area (TPSA) is 66.6 Å². The molecular formula is C21H23N3O2. The fraction of sp³-hybridized carbons (Fsp3) is 0.333. The lowest BCUT2D eigenvalue weighted by Crippen LogP contribution is -2.42. The number of nitrogens with two attached hydrogens (primary N) is 1. The molecule has 0 aromatic heterocycles. The highest BCUT2D eigenvalue weighted by Gasteiger charge is 2.38. The van der Waals surface area contributed by atoms with Gasteiger partial charge in [0.1, 0.15) is 6.04 Å². The largest absolute Gasteiger partial charge is 0.369 e. The van der Waals surface area contributed by atoms with E-state index >= 15 is 0 Å². The van der Waals surface area contributed by atoms with E-state index in [0.29, 0.717) is 19.5 Å². The van der Waals surface area contributed by atoms with Crippen LogP contribution in [0, 0.1) is 5.92 Å². The average Bonchev–Trinajstić information content (AvgIpc) is 3.31. The molecule has 1 saturated heterocycles. The van der Waals surface area contributed by atoms with Gasteiger partial charge < -0.3 is 15.5 Å². The lowest BCUT2D eigenvalue weighted by atomic mass is 10.0. The Morgan fingerprint density at radius 3 is 2.46 bits per heavy atom. The smallest absolute Gasteiger partial charge is 0.249 e. The summed E-state index contributed by atoms with van der Waals surface area (Å²) in [4.78, 5) is 28.9. The van der Waals surface area contributed by atoms with Crippen LogP contribution in [0.15, 0.2) is 54.6 Å². The van der Waals surface area contributed by atoms with Gasteiger partial charge in [0.2, 0.25) is 11.8 Å². The van der Waals surface area contributed by atoms with Gasteiger partial charge in [-0.05, 0) is 30.0 Å². The summed E-state index contributed by atoms with van der Waals surface area (Å²) in [7, 11) is 0. The number of carbonyl (C=O) groups excluding carboxylic acids is 2. The molecule has 2 N–H and O–H groups in total. The Morgan fingerprint density at radius 1 is 1.00 bits per heavy atom. The SMILES string of the molecule is NC(=O)[C@@H]1CCN(C(=O)[C@@H](c2ccccc2)N2CCc3ccccc32)C1. The monoisotopic (exact) mass is 349 g/mol. The maximum atomic E-state index is 13.4. The maximum absolute atomic E-state index is 13.4. The van der Waals surface area contributed by atoms with Crippen molar-refractivity contribution in [3.05, 3.63) is 65.7 Å². The highest BCUT2D eigenvalue weighted by molar-refractivity contribution is 5.89. The van der Waals surface area contributed by atoms with E-state index in [-0.39, 0.29) is 23.8 Å². The van der Waals surface area contributed by atoms with Crippen LogP contribution in [0.1, 0.15) is 23.6 Å². The van der Waals surface area contributed by atoms with E-state index in [1.807, 2.05) is 42.5 Å². The zero-order valence-corrected chi connectivity index (χ0v) is 14.7. The molecule has 4 rings (SSSR count). The number of anilines is 1. The van der Waals surface area contributed by atoms with Gasteiger partial charge in [-0.25, -0.2) is 0 Å². The molecule has 0 bridgehead atoms. The van der Waals surface area contributed by atoms with E-state index in [9.17, 15) is 9.59 Å². The van der Waals surface area contributed by atoms with E-state index < -0.39 is 0 Å². The maximum Gasteiger partial charge on any atom is 0.249 e. The lowest BCUT2D eigenvalue weighted by molar-refractivity contribution is -0.132. The molecule has 2 heterocycles. The van der Waals surface area contributed by atoms with Crippen molar-refractivity contribution in [2.45, 2.75) is 18.9 Å². The second-order valence-corrected chi connectivity index (χ2v) is 7.06. The number of primary amides is 1. The van der Waals surface area contributed by atoms with Gasteiger partial charge >= 0.3 is 0 Å². The van der Waals surface area contributed by atoms with Gasteiger partial charge in [-0.15, -0.1) is 0 Å². The van der Waals surface area contributed by atoms with E-state index in [1.165, 1.54) is 5.56 Å². The summed E-state index contributed by atoms with van der Waals surface area (Å²) in [6.07, 6.45) is 1.59. The Hall–Kier alpha value is -2.82. The van der Waals surface area contributed by atoms with Crippen molar-refractivity contribution in [1.29, 1.82) is 0 Å². The first kappa shape index (κ1) is 16.6. The predicted molar refractivity (Wildman–Crippen MR) is 101 cm³/mol. The quantitative estimate of drug-likeness (QED) is 0.919. The summed E-state index contributed by atoms with van der Waals surface area (Å²) >= 11 is 0. The normalized spacial score (nSPS) is 20.1. The van der Waals surface area contributed by atoms with Crippen LogP contribution in [-0.2, 0) is 16.0 Å². The summed E-state index contributed by atoms with van der Waals surface area (Å²) < 4.78 is 0. The second-order valence-electron chi connectivity index (χ2n) is 7.06. The molecule has 2 amide bonds. The predicted octanol–water partition coefficient (Wildman–Crippen LogP) is 2.12. The summed E-state index contributed by atoms with van der Waals surface area (Å²) in [6.45, 7) is 1.83. The molecule has 0 aliphatic carbocycles. The first-order valence-corrected chi connectivity index (χ1v) is 9.13. The number of carbonyl (C=O) groups is 2. The number of fused-ring (bicyclic) bond motifs is 1. The fourth-order valence-corrected chi connectivity index (χ4v) is 4.09. The minimum Gasteiger partial charge on any atom is -0.369 e. The average molecular weight is 349 g/mol. The number of benzene rings is 2. The molecule has 0 saturated carbocycles. The Morgan fingerprint density at radius 2 is 1.73 bits per heavy atom. The van der Waals surface area contributed by atoms with Crippen molar-refractivity contribution in [2.24, 2.45) is 11.7 Å². The third-order valence-corrected chi connectivity index (χ3v) is 5.49. The molecule has 0 radical (unpaired) electrons. The molecule has 2 aliphatic rings. The van der Waals surface area contributed by atoms with Crippen molar-refractivity contribution in [3.63, 3.8) is 0 Å². The molecule has 2 aliphatic heterocycles. The van der Waals surface area contributed by atoms with Crippen LogP contribution in [-0.4, -0.2) is 36.3 Å². The number of rotatable bonds is 4. The van der Waals surface area contributed by atoms with Crippen LogP contribution in [0.4, 0.5) is 5.69 Å². The summed E-state index contributed by atoms with van der Waals surface area (Å²) in [5.41, 5.74) is 8.83. The molecule has 134 valence electrons. The Bertz CT molecular complexity index is 821. The standard InChI is InChI=1S/C21H23N3O2/c22-20(25)17-10-12-23(14-17)21(26)19(16-7-2-1-3-8-16)24-13-11-15-6-4-5-9-18(15)24/h1-9,17,19H,10-14H2,(H2,22,25)/t17-,19-/m1/s1. The summed E-state index contributed by atoms with van der Waals surface area (Å²) in [5.74, 6) is -0.499. The van der Waals surface area contributed by atoms with Gasteiger partial charge in [0.25, 0.3) is 0 Å². The molecule has 0 spiro atoms. The van der Waals surface area contributed by atoms with Crippen LogP contribution in [0.5, 0.6) is 0 Å². The first-order chi connectivity index (χ1) is 12.6. The zero-order chi connectivity index (χ0) is 18.1. The molecule has 5 nitrogen and oxygen atoms in total. The molecular weight excluding hydrogens is 326 g/mol. The van der Waals surface area contributed by atoms with E-state index in [1.54, 1.807) is 4.90 Å². The highest BCUT2D eigenvalue weighted by Crippen LogP contribution is 2.36. The van der Waals surface area contributed by atoms with Gasteiger partial charge in [0, 0.05) is 25.3 Å². The fourth-order valence-electron chi connectivity index (χ4n) is 4.09. The minimum absolute atomic E-state index is 0.0525. The molecule has 26 heavy (non-hydrogen) atoms. The number of hydrogen-bond donors (Lipinski definition) is 1. The van der Waals surface area contributed by atoms with E-state index in [4.69, 9.17) is 5.73 Å². The molecule has 0 unspecified atom stereocenters. The van der Waals surface area contributed by atoms with Crippen LogP contribution in [0.2, 0.25) is 0 Å². The van der Waals surface area contributed by atoms with Gasteiger partial charge in [0.05, 0.1) is 5.92 Å². The number of amides is 2. The van der Waals surface area contributed by atoms with Crippen molar-refractivity contribution < 1.29 is 9.59 Å². The van der Waals surface area contributed by atoms with E-state index in [2.05, 4.69) is 17.0 Å². The number of hydrogen-bond acceptors (Lipinski definition) is 3. The van der Waals surface area contributed by atoms with E-state index in [0.717, 1.165) is 24.2 Å². The third-order valence-electron chi connectivity index (χ3n) is 5.49. The Balaban J connectivity index is 1.67. The second kappa shape index (κ2) is 6.83. The number of nitrogens with zero attached hydrogens (tertiary/aromatic N) is 2. The van der Waals surface area contributed by atoms with Gasteiger partial charge in [0.15, 0.2) is 0 Å². The number of likely N-dealkylation sites (tertiary alicyclic amines) is 1. The first-order valence-electron chi connectivity index (χ1n) is 9.13. The van der Waals surface area contributed by atoms with Crippen LogP contribution in [0.3, 0.4) is 0 Å². The lowest BCUT2D eigenvalue weighted by Gasteiger charge is -2.33. The van der Waals surface area contributed by atoms with Crippen molar-refractivity contribution in [3.8, 4) is 0 Å². The van der Waals surface area contributed by atoms with Crippen molar-refractivity contribution in [1.82, 2.24) is 4.90 Å². The highest BCUT2D eigenvalue weighted by atomic mass is 16.2.